The predicted octanol–water partition coefficient (Wildman–Crippen LogP) is 4.97. The van der Waals surface area contributed by atoms with E-state index in [1.54, 1.807) is 0 Å². The number of methoxy groups -OCH3 is 1. The molecule has 0 bridgehead atoms. The predicted molar refractivity (Wildman–Crippen MR) is 111 cm³/mol. The molecular weight excluding hydrogens is 366 g/mol. The Hall–Kier alpha value is -3.86. The van der Waals surface area contributed by atoms with E-state index in [0.29, 0.717) is 17.5 Å². The van der Waals surface area contributed by atoms with Crippen LogP contribution < -0.4 is 4.74 Å². The van der Waals surface area contributed by atoms with Crippen LogP contribution >= 0.6 is 0 Å². The minimum absolute atomic E-state index is 0.107. The van der Waals surface area contributed by atoms with Gasteiger partial charge in [0.1, 0.15) is 23.7 Å². The monoisotopic (exact) mass is 385 g/mol. The number of hydrogen-bond acceptors (Lipinski definition) is 5. The second-order valence-electron chi connectivity index (χ2n) is 6.54. The number of nitrogens with zero attached hydrogens (tertiary/aromatic N) is 1. The summed E-state index contributed by atoms with van der Waals surface area (Å²) in [5.41, 5.74) is 3.60. The van der Waals surface area contributed by atoms with Gasteiger partial charge in [0, 0.05) is 5.39 Å². The van der Waals surface area contributed by atoms with Crippen molar-refractivity contribution in [3.8, 4) is 22.6 Å². The summed E-state index contributed by atoms with van der Waals surface area (Å²) >= 11 is 0. The molecule has 0 fully saturated rings. The normalized spacial score (nSPS) is 10.7. The fourth-order valence-electron chi connectivity index (χ4n) is 3.18. The van der Waals surface area contributed by atoms with E-state index >= 15 is 0 Å². The largest absolute Gasteiger partial charge is 0.505 e. The zero-order chi connectivity index (χ0) is 20.2. The molecule has 5 nitrogen and oxygen atoms in total. The summed E-state index contributed by atoms with van der Waals surface area (Å²) in [6, 6.07) is 23.2. The lowest BCUT2D eigenvalue weighted by Crippen LogP contribution is -2.03. The van der Waals surface area contributed by atoms with E-state index in [-0.39, 0.29) is 11.3 Å². The number of benzene rings is 3. The second kappa shape index (κ2) is 8.02. The molecule has 0 aliphatic carbocycles. The summed E-state index contributed by atoms with van der Waals surface area (Å²) in [5, 5.41) is 10.6. The first kappa shape index (κ1) is 18.5. The highest BCUT2D eigenvalue weighted by atomic mass is 16.5. The highest BCUT2D eigenvalue weighted by Crippen LogP contribution is 2.31. The Morgan fingerprint density at radius 1 is 0.966 bits per heavy atom. The van der Waals surface area contributed by atoms with Crippen LogP contribution in [0, 0.1) is 0 Å². The van der Waals surface area contributed by atoms with Crippen molar-refractivity contribution >= 4 is 16.9 Å². The first-order chi connectivity index (χ1) is 14.2. The van der Waals surface area contributed by atoms with Crippen molar-refractivity contribution in [1.82, 2.24) is 4.98 Å². The quantitative estimate of drug-likeness (QED) is 0.491. The van der Waals surface area contributed by atoms with Gasteiger partial charge in [-0.25, -0.2) is 4.79 Å². The zero-order valence-electron chi connectivity index (χ0n) is 15.8. The maximum Gasteiger partial charge on any atom is 0.342 e. The Kier molecular flexibility index (Phi) is 5.12. The van der Waals surface area contributed by atoms with Gasteiger partial charge in [-0.2, -0.15) is 0 Å². The number of rotatable bonds is 5. The molecule has 0 saturated heterocycles. The summed E-state index contributed by atoms with van der Waals surface area (Å²) in [4.78, 5) is 16.3. The lowest BCUT2D eigenvalue weighted by Gasteiger charge is -2.11. The lowest BCUT2D eigenvalue weighted by molar-refractivity contribution is 0.0599. The fourth-order valence-corrected chi connectivity index (χ4v) is 3.18. The summed E-state index contributed by atoms with van der Waals surface area (Å²) in [5.74, 6) is -0.0675. The van der Waals surface area contributed by atoms with Gasteiger partial charge in [-0.3, -0.25) is 4.98 Å². The molecule has 5 heteroatoms. The minimum Gasteiger partial charge on any atom is -0.505 e. The SMILES string of the molecule is COC(=O)c1c(O)cnc2ccc(-c3cccc(OCc4ccccc4)c3)cc12. The fraction of sp³-hybridized carbons (Fsp3) is 0.0833. The van der Waals surface area contributed by atoms with E-state index in [0.717, 1.165) is 22.4 Å². The van der Waals surface area contributed by atoms with Crippen molar-refractivity contribution in [3.63, 3.8) is 0 Å². The van der Waals surface area contributed by atoms with Gasteiger partial charge in [0.15, 0.2) is 0 Å². The van der Waals surface area contributed by atoms with Crippen LogP contribution in [0.1, 0.15) is 15.9 Å². The van der Waals surface area contributed by atoms with E-state index < -0.39 is 5.97 Å². The highest BCUT2D eigenvalue weighted by molar-refractivity contribution is 6.06. The maximum atomic E-state index is 12.1. The smallest absolute Gasteiger partial charge is 0.342 e. The Labute approximate surface area is 168 Å². The van der Waals surface area contributed by atoms with Crippen LogP contribution in [0.5, 0.6) is 11.5 Å². The van der Waals surface area contributed by atoms with Crippen molar-refractivity contribution in [1.29, 1.82) is 0 Å². The van der Waals surface area contributed by atoms with Crippen LogP contribution in [-0.4, -0.2) is 23.2 Å². The van der Waals surface area contributed by atoms with Crippen LogP contribution in [0.15, 0.2) is 79.0 Å². The van der Waals surface area contributed by atoms with Crippen molar-refractivity contribution in [2.75, 3.05) is 7.11 Å². The molecule has 4 rings (SSSR count). The molecule has 0 aliphatic heterocycles. The molecule has 0 atom stereocenters. The van der Waals surface area contributed by atoms with E-state index in [4.69, 9.17) is 9.47 Å². The third-order valence-electron chi connectivity index (χ3n) is 4.65. The maximum absolute atomic E-state index is 12.1. The summed E-state index contributed by atoms with van der Waals surface area (Å²) in [6.45, 7) is 0.478. The number of carbonyl (C=O) groups is 1. The van der Waals surface area contributed by atoms with E-state index in [9.17, 15) is 9.90 Å². The van der Waals surface area contributed by atoms with Gasteiger partial charge >= 0.3 is 5.97 Å². The van der Waals surface area contributed by atoms with E-state index in [1.165, 1.54) is 13.3 Å². The van der Waals surface area contributed by atoms with Crippen molar-refractivity contribution in [2.24, 2.45) is 0 Å². The summed E-state index contributed by atoms with van der Waals surface area (Å²) in [6.07, 6.45) is 1.26. The topological polar surface area (TPSA) is 68.7 Å². The number of ether oxygens (including phenoxy) is 2. The average Bonchev–Trinajstić information content (AvgIpc) is 2.77. The molecule has 0 radical (unpaired) electrons. The van der Waals surface area contributed by atoms with Crippen LogP contribution in [-0.2, 0) is 11.3 Å². The molecule has 0 amide bonds. The van der Waals surface area contributed by atoms with Crippen LogP contribution in [0.25, 0.3) is 22.0 Å². The number of esters is 1. The molecule has 0 aliphatic rings. The first-order valence-corrected chi connectivity index (χ1v) is 9.13. The number of pyridine rings is 1. The highest BCUT2D eigenvalue weighted by Gasteiger charge is 2.17. The standard InChI is InChI=1S/C24H19NO4/c1-28-24(27)23-20-13-18(10-11-21(20)25-14-22(23)26)17-8-5-9-19(12-17)29-15-16-6-3-2-4-7-16/h2-14,26H,15H2,1H3. The van der Waals surface area contributed by atoms with Gasteiger partial charge in [0.2, 0.25) is 0 Å². The van der Waals surface area contributed by atoms with Gasteiger partial charge in [-0.15, -0.1) is 0 Å². The van der Waals surface area contributed by atoms with Gasteiger partial charge in [-0.05, 0) is 41.0 Å². The number of carbonyl (C=O) groups excluding carboxylic acids is 1. The summed E-state index contributed by atoms with van der Waals surface area (Å²) in [7, 11) is 1.28. The molecule has 29 heavy (non-hydrogen) atoms. The van der Waals surface area contributed by atoms with Crippen LogP contribution in [0.2, 0.25) is 0 Å². The van der Waals surface area contributed by atoms with Crippen LogP contribution in [0.3, 0.4) is 0 Å². The van der Waals surface area contributed by atoms with Crippen molar-refractivity contribution < 1.29 is 19.4 Å². The minimum atomic E-state index is -0.605. The second-order valence-corrected chi connectivity index (χ2v) is 6.54. The average molecular weight is 385 g/mol. The van der Waals surface area contributed by atoms with E-state index in [1.807, 2.05) is 72.8 Å². The van der Waals surface area contributed by atoms with Gasteiger partial charge in [0.25, 0.3) is 0 Å². The molecule has 0 spiro atoms. The number of aromatic hydroxyl groups is 1. The van der Waals surface area contributed by atoms with Gasteiger partial charge in [0.05, 0.1) is 18.8 Å². The first-order valence-electron chi connectivity index (χ1n) is 9.13. The Balaban J connectivity index is 1.68. The Bertz CT molecular complexity index is 1170. The molecule has 4 aromatic rings. The number of aromatic nitrogens is 1. The lowest BCUT2D eigenvalue weighted by atomic mass is 10.0. The Morgan fingerprint density at radius 3 is 2.55 bits per heavy atom. The van der Waals surface area contributed by atoms with Crippen LogP contribution in [0.4, 0.5) is 0 Å². The van der Waals surface area contributed by atoms with E-state index in [2.05, 4.69) is 4.98 Å². The molecule has 1 heterocycles. The van der Waals surface area contributed by atoms with Crippen molar-refractivity contribution in [3.05, 3.63) is 90.1 Å². The number of hydrogen-bond donors (Lipinski definition) is 1. The summed E-state index contributed by atoms with van der Waals surface area (Å²) < 4.78 is 10.7. The Morgan fingerprint density at radius 2 is 1.76 bits per heavy atom. The zero-order valence-corrected chi connectivity index (χ0v) is 15.8. The molecule has 3 aromatic carbocycles. The molecule has 0 saturated carbocycles. The van der Waals surface area contributed by atoms with Gasteiger partial charge < -0.3 is 14.6 Å². The van der Waals surface area contributed by atoms with Crippen molar-refractivity contribution in [2.45, 2.75) is 6.61 Å². The molecule has 1 aromatic heterocycles. The third-order valence-corrected chi connectivity index (χ3v) is 4.65. The molecular formula is C24H19NO4. The number of fused-ring (bicyclic) bond motifs is 1. The molecule has 0 unspecified atom stereocenters. The molecule has 144 valence electrons. The van der Waals surface area contributed by atoms with Gasteiger partial charge in [-0.1, -0.05) is 48.5 Å². The third kappa shape index (κ3) is 3.89. The molecule has 1 N–H and O–H groups in total.